The minimum atomic E-state index is -0.946. The Balaban J connectivity index is 0.000000153. The summed E-state index contributed by atoms with van der Waals surface area (Å²) in [6, 6.07) is 24.0. The van der Waals surface area contributed by atoms with Crippen LogP contribution in [-0.2, 0) is 22.6 Å². The lowest BCUT2D eigenvalue weighted by atomic mass is 10.0. The zero-order valence-electron chi connectivity index (χ0n) is 68.9. The quantitative estimate of drug-likeness (QED) is 0.0783. The monoisotopic (exact) mass is 1720 g/mol. The molecule has 5 fully saturated rings. The van der Waals surface area contributed by atoms with Gasteiger partial charge in [-0.1, -0.05) is 23.7 Å². The second-order valence-corrected chi connectivity index (χ2v) is 32.9. The Kier molecular flexibility index (Phi) is 31.1. The molecule has 10 atom stereocenters. The van der Waals surface area contributed by atoms with Crippen molar-refractivity contribution in [2.75, 3.05) is 89.9 Å². The summed E-state index contributed by atoms with van der Waals surface area (Å²) in [7, 11) is 0. The second-order valence-electron chi connectivity index (χ2n) is 32.5. The third-order valence-corrected chi connectivity index (χ3v) is 21.3. The summed E-state index contributed by atoms with van der Waals surface area (Å²) in [5, 5.41) is 147. The maximum atomic E-state index is 15.0. The standard InChI is InChI=1S/C28H29FN6O5.C19H15ClFN3O3.4C9H15N3O2/c1-28(2,3)40-27(39)34-14-19-25(26(34)38)20(12-18(31-19)24-16(13-30)6-4-7-17(24)29)35-11-9-23(32-35)33-10-5-8-21(36)22(37)15-33;1-19(2,3)27-18(26)24-9-14-16(17(24)25)11(20)7-13(23-14)15-10(8-22)5-4-6-12(15)21;4*13-7-2-1-5-12(6-8(7)14)9-3-4-10-11-9/h4,6-7,9,11-12,21-22,36-37H,5,8,10,14-15H2,1-3H3;4-7H,9H2,1-3H3;4*3-4,7-8,13-14H,1-2,5-6H2,(H,10,11)/t21-,22+;;4*7-,8+/m0.1000/s1. The number of aliphatic hydroxyl groups is 10. The first-order valence-corrected chi connectivity index (χ1v) is 40.9. The van der Waals surface area contributed by atoms with Crippen LogP contribution in [-0.4, -0.2) is 283 Å². The lowest BCUT2D eigenvalue weighted by Crippen LogP contribution is -2.37. The predicted octanol–water partition coefficient (Wildman–Crippen LogP) is 6.39. The van der Waals surface area contributed by atoms with Gasteiger partial charge in [0.1, 0.15) is 46.1 Å². The average Bonchev–Trinajstić information content (AvgIpc) is 1.61. The fourth-order valence-corrected chi connectivity index (χ4v) is 15.0. The number of hydrogen-bond donors (Lipinski definition) is 14. The van der Waals surface area contributed by atoms with E-state index in [1.807, 2.05) is 60.9 Å². The number of amides is 4. The summed E-state index contributed by atoms with van der Waals surface area (Å²) < 4.78 is 41.4. The molecule has 9 aromatic rings. The summed E-state index contributed by atoms with van der Waals surface area (Å²) >= 11 is 6.23. The third-order valence-electron chi connectivity index (χ3n) is 21.0. The molecule has 0 unspecified atom stereocenters. The number of nitrogens with zero attached hydrogens (tertiary/aromatic N) is 17. The minimum absolute atomic E-state index is 0.00660. The molecule has 0 bridgehead atoms. The van der Waals surface area contributed by atoms with E-state index < -0.39 is 108 Å². The van der Waals surface area contributed by atoms with Crippen molar-refractivity contribution in [1.82, 2.24) is 70.3 Å². The first kappa shape index (κ1) is 92.1. The third kappa shape index (κ3) is 23.8. The van der Waals surface area contributed by atoms with Gasteiger partial charge in [-0.25, -0.2) is 42.8 Å². The van der Waals surface area contributed by atoms with Crippen LogP contribution in [0.25, 0.3) is 28.2 Å². The van der Waals surface area contributed by atoms with Gasteiger partial charge in [-0.3, -0.25) is 30.0 Å². The number of ether oxygens (including phenoxy) is 2. The number of nitrogens with one attached hydrogen (secondary N) is 4. The topological polar surface area (TPSA) is 518 Å². The summed E-state index contributed by atoms with van der Waals surface area (Å²) in [6.07, 6.45) is 7.15. The van der Waals surface area contributed by atoms with E-state index in [9.17, 15) is 85.2 Å². The number of aromatic amines is 4. The number of H-pyrrole nitrogens is 4. The van der Waals surface area contributed by atoms with Gasteiger partial charge in [0, 0.05) is 102 Å². The highest BCUT2D eigenvalue weighted by Gasteiger charge is 2.42. The molecule has 4 amide bonds. The van der Waals surface area contributed by atoms with Crippen molar-refractivity contribution in [2.24, 2.45) is 0 Å². The van der Waals surface area contributed by atoms with Crippen molar-refractivity contribution in [1.29, 1.82) is 10.5 Å². The van der Waals surface area contributed by atoms with Crippen molar-refractivity contribution in [3.8, 4) is 40.3 Å². The Labute approximate surface area is 712 Å². The molecule has 2 aromatic carbocycles. The van der Waals surface area contributed by atoms with E-state index in [0.29, 0.717) is 77.1 Å². The van der Waals surface area contributed by atoms with E-state index in [4.69, 9.17) is 21.1 Å². The second kappa shape index (κ2) is 41.5. The molecule has 0 spiro atoms. The van der Waals surface area contributed by atoms with Crippen molar-refractivity contribution < 1.29 is 88.5 Å². The Morgan fingerprint density at radius 1 is 0.455 bits per heavy atom. The zero-order valence-corrected chi connectivity index (χ0v) is 69.6. The van der Waals surface area contributed by atoms with Gasteiger partial charge in [0.25, 0.3) is 11.8 Å². The molecule has 5 saturated heterocycles. The Hall–Kier alpha value is -11.6. The number of halogens is 3. The predicted molar refractivity (Wildman–Crippen MR) is 445 cm³/mol. The molecule has 40 heteroatoms. The minimum Gasteiger partial charge on any atom is -0.443 e. The van der Waals surface area contributed by atoms with Gasteiger partial charge in [0.15, 0.2) is 5.82 Å². The van der Waals surface area contributed by atoms with Crippen LogP contribution in [0.4, 0.5) is 47.5 Å². The summed E-state index contributed by atoms with van der Waals surface area (Å²) in [4.78, 5) is 71.7. The van der Waals surface area contributed by atoms with E-state index in [-0.39, 0.29) is 86.5 Å². The Bertz CT molecular complexity index is 4850. The SMILES string of the molecule is CC(C)(C)OC(=O)N1Cc2nc(-c3c(F)cccc3C#N)cc(-n3ccc(N4CCC[C@H](O)[C@H](O)C4)n3)c2C1=O.CC(C)(C)OC(=O)N1Cc2nc(-c3c(F)cccc3C#N)cc(Cl)c2C1=O.O[C@@H]1CCCN(c2ccn[nH]2)C[C@@H]1O.O[C@@H]1CN(c2ccn[nH]2)CCC[C@@H]1O.O[C@@H]1CN(c2ccn[nH]2)CCC[C@@H]1O.O[C@@H]1CN(c2ccn[nH]2)CCC[C@@H]1O. The maximum Gasteiger partial charge on any atom is 0.417 e. The van der Waals surface area contributed by atoms with Gasteiger partial charge in [-0.2, -0.15) is 36.0 Å². The molecule has 37 nitrogen and oxygen atoms in total. The number of hydrogen-bond acceptors (Lipinski definition) is 30. The van der Waals surface area contributed by atoms with E-state index >= 15 is 4.39 Å². The average molecular weight is 1730 g/mol. The number of carbonyl (C=O) groups excluding carboxylic acids is 4. The first-order chi connectivity index (χ1) is 58.7. The van der Waals surface area contributed by atoms with Crippen LogP contribution in [0, 0.1) is 34.3 Å². The van der Waals surface area contributed by atoms with Crippen LogP contribution < -0.4 is 24.5 Å². The number of nitriles is 2. The first-order valence-electron chi connectivity index (χ1n) is 40.5. The highest BCUT2D eigenvalue weighted by molar-refractivity contribution is 6.35. The Morgan fingerprint density at radius 3 is 1.11 bits per heavy atom. The molecular formula is C83H104ClF2N21O16. The maximum absolute atomic E-state index is 15.0. The number of benzene rings is 2. The summed E-state index contributed by atoms with van der Waals surface area (Å²) in [6.45, 7) is 15.7. The van der Waals surface area contributed by atoms with Crippen molar-refractivity contribution >= 4 is 64.7 Å². The summed E-state index contributed by atoms with van der Waals surface area (Å²) in [5.41, 5.74) is -0.440. The lowest BCUT2D eigenvalue weighted by molar-refractivity contribution is 0.0230. The number of aromatic nitrogens is 12. The number of rotatable bonds is 8. The smallest absolute Gasteiger partial charge is 0.417 e. The van der Waals surface area contributed by atoms with E-state index in [1.165, 1.54) is 53.2 Å². The van der Waals surface area contributed by atoms with Gasteiger partial charge < -0.3 is 85.0 Å². The molecule has 0 aliphatic carbocycles. The highest BCUT2D eigenvalue weighted by Crippen LogP contribution is 2.38. The van der Waals surface area contributed by atoms with Crippen LogP contribution in [0.15, 0.2) is 110 Å². The molecule has 7 aliphatic rings. The van der Waals surface area contributed by atoms with Gasteiger partial charge >= 0.3 is 12.2 Å². The van der Waals surface area contributed by atoms with Crippen LogP contribution in [0.5, 0.6) is 0 Å². The van der Waals surface area contributed by atoms with E-state index in [1.54, 1.807) is 78.6 Å². The van der Waals surface area contributed by atoms with Crippen LogP contribution in [0.1, 0.15) is 149 Å². The number of aliphatic hydroxyl groups excluding tert-OH is 10. The zero-order chi connectivity index (χ0) is 88.6. The van der Waals surface area contributed by atoms with Crippen molar-refractivity contribution in [2.45, 2.75) is 191 Å². The van der Waals surface area contributed by atoms with Crippen LogP contribution >= 0.6 is 11.6 Å². The molecule has 123 heavy (non-hydrogen) atoms. The number of imide groups is 2. The lowest BCUT2D eigenvalue weighted by Gasteiger charge is -2.23. The Morgan fingerprint density at radius 2 is 0.780 bits per heavy atom. The number of carbonyl (C=O) groups is 4. The molecule has 14 heterocycles. The molecule has 658 valence electrons. The molecule has 7 aromatic heterocycles. The number of fused-ring (bicyclic) bond motifs is 2. The summed E-state index contributed by atoms with van der Waals surface area (Å²) in [5.74, 6) is 1.54. The molecule has 7 aliphatic heterocycles. The normalized spacial score (nSPS) is 22.3. The van der Waals surface area contributed by atoms with E-state index in [2.05, 4.69) is 55.9 Å². The number of anilines is 5. The molecule has 16 rings (SSSR count). The van der Waals surface area contributed by atoms with Gasteiger partial charge in [-0.15, -0.1) is 0 Å². The largest absolute Gasteiger partial charge is 0.443 e. The highest BCUT2D eigenvalue weighted by atomic mass is 35.5. The number of β-amino-alcohol motifs (C(OH)–C–C–N with tert-alkyl or cyclic N) is 5. The van der Waals surface area contributed by atoms with E-state index in [0.717, 1.165) is 84.9 Å². The number of pyridine rings is 2. The fraction of sp³-hybridized carbons (Fsp3) is 0.482. The van der Waals surface area contributed by atoms with Gasteiger partial charge in [-0.05, 0) is 142 Å². The fourth-order valence-electron chi connectivity index (χ4n) is 14.7. The molecule has 0 radical (unpaired) electrons. The van der Waals surface area contributed by atoms with Crippen molar-refractivity contribution in [3.05, 3.63) is 160 Å². The van der Waals surface area contributed by atoms with Crippen LogP contribution in [0.2, 0.25) is 5.02 Å². The van der Waals surface area contributed by atoms with Crippen molar-refractivity contribution in [3.63, 3.8) is 0 Å². The van der Waals surface area contributed by atoms with Gasteiger partial charge in [0.2, 0.25) is 0 Å². The van der Waals surface area contributed by atoms with Gasteiger partial charge in [0.05, 0.1) is 178 Å². The molecular weight excluding hydrogens is 1620 g/mol. The van der Waals surface area contributed by atoms with Crippen LogP contribution in [0.3, 0.4) is 0 Å². The molecule has 0 saturated carbocycles. The molecule has 14 N–H and O–H groups in total.